The maximum absolute atomic E-state index is 13.7. The smallest absolute Gasteiger partial charge is 0.283 e. The summed E-state index contributed by atoms with van der Waals surface area (Å²) < 4.78 is 2.80. The molecule has 0 saturated heterocycles. The van der Waals surface area contributed by atoms with Crippen LogP contribution < -0.4 is 11.1 Å². The third-order valence-electron chi connectivity index (χ3n) is 5.70. The van der Waals surface area contributed by atoms with Crippen molar-refractivity contribution in [3.8, 4) is 22.6 Å². The number of aromatic nitrogens is 2. The van der Waals surface area contributed by atoms with Crippen molar-refractivity contribution in [2.24, 2.45) is 0 Å². The van der Waals surface area contributed by atoms with Gasteiger partial charge in [0.05, 0.1) is 22.3 Å². The zero-order chi connectivity index (χ0) is 22.6. The zero-order valence-electron chi connectivity index (χ0n) is 17.5. The van der Waals surface area contributed by atoms with Gasteiger partial charge in [-0.15, -0.1) is 0 Å². The minimum Gasteiger partial charge on any atom is -0.506 e. The summed E-state index contributed by atoms with van der Waals surface area (Å²) in [6, 6.07) is 21.3. The molecule has 5 nitrogen and oxygen atoms in total. The minimum atomic E-state index is -0.498. The Hall–Kier alpha value is -3.83. The van der Waals surface area contributed by atoms with Gasteiger partial charge in [-0.2, -0.15) is 0 Å². The normalized spacial score (nSPS) is 11.3. The van der Waals surface area contributed by atoms with Gasteiger partial charge in [-0.1, -0.05) is 54.1 Å². The van der Waals surface area contributed by atoms with E-state index in [1.165, 1.54) is 15.0 Å². The molecule has 3 aromatic carbocycles. The summed E-state index contributed by atoms with van der Waals surface area (Å²) in [4.78, 5) is 27.3. The SMILES string of the molecule is Cc1ccc(C)c(-n2c(=O)c3c(O)cc(-c4ccccc4)c(=O)n3c3ccc(Cl)cc32)c1. The van der Waals surface area contributed by atoms with E-state index in [1.807, 2.05) is 50.2 Å². The quantitative estimate of drug-likeness (QED) is 0.380. The molecule has 5 rings (SSSR count). The van der Waals surface area contributed by atoms with Crippen molar-refractivity contribution in [3.63, 3.8) is 0 Å². The van der Waals surface area contributed by atoms with Crippen molar-refractivity contribution in [3.05, 3.63) is 110 Å². The fraction of sp³-hybridized carbons (Fsp3) is 0.0769. The number of halogens is 1. The first-order valence-electron chi connectivity index (χ1n) is 10.1. The van der Waals surface area contributed by atoms with Gasteiger partial charge in [0, 0.05) is 5.02 Å². The van der Waals surface area contributed by atoms with Crippen LogP contribution in [0.5, 0.6) is 5.75 Å². The second kappa shape index (κ2) is 7.39. The Labute approximate surface area is 188 Å². The maximum Gasteiger partial charge on any atom is 0.283 e. The predicted molar refractivity (Wildman–Crippen MR) is 128 cm³/mol. The Balaban J connectivity index is 2.03. The minimum absolute atomic E-state index is 0.0783. The summed E-state index contributed by atoms with van der Waals surface area (Å²) in [6.07, 6.45) is 0. The Morgan fingerprint density at radius 3 is 2.31 bits per heavy atom. The maximum atomic E-state index is 13.7. The molecule has 32 heavy (non-hydrogen) atoms. The molecule has 0 aliphatic rings. The molecule has 0 atom stereocenters. The van der Waals surface area contributed by atoms with E-state index in [1.54, 1.807) is 30.3 Å². The lowest BCUT2D eigenvalue weighted by Crippen LogP contribution is -2.28. The zero-order valence-corrected chi connectivity index (χ0v) is 18.2. The lowest BCUT2D eigenvalue weighted by molar-refractivity contribution is 0.478. The van der Waals surface area contributed by atoms with Crippen molar-refractivity contribution >= 4 is 28.2 Å². The van der Waals surface area contributed by atoms with Crippen LogP contribution in [0.3, 0.4) is 0 Å². The number of nitrogens with zero attached hydrogens (tertiary/aromatic N) is 2. The Morgan fingerprint density at radius 2 is 1.56 bits per heavy atom. The molecule has 0 bridgehead atoms. The highest BCUT2D eigenvalue weighted by Crippen LogP contribution is 2.28. The molecule has 0 spiro atoms. The molecule has 158 valence electrons. The lowest BCUT2D eigenvalue weighted by Gasteiger charge is -2.18. The van der Waals surface area contributed by atoms with Crippen LogP contribution in [-0.4, -0.2) is 14.1 Å². The third-order valence-corrected chi connectivity index (χ3v) is 5.93. The largest absolute Gasteiger partial charge is 0.506 e. The number of pyridine rings is 1. The van der Waals surface area contributed by atoms with Gasteiger partial charge in [-0.25, -0.2) is 0 Å². The molecule has 1 N–H and O–H groups in total. The number of rotatable bonds is 2. The molecule has 0 unspecified atom stereocenters. The topological polar surface area (TPSA) is 63.7 Å². The molecule has 0 fully saturated rings. The Kier molecular flexibility index (Phi) is 4.64. The van der Waals surface area contributed by atoms with Crippen LogP contribution in [0.25, 0.3) is 33.4 Å². The monoisotopic (exact) mass is 442 g/mol. The number of hydrogen-bond donors (Lipinski definition) is 1. The van der Waals surface area contributed by atoms with Gasteiger partial charge in [0.25, 0.3) is 11.1 Å². The van der Waals surface area contributed by atoms with Crippen LogP contribution in [0.4, 0.5) is 0 Å². The molecular formula is C26H19ClN2O3. The number of benzene rings is 3. The summed E-state index contributed by atoms with van der Waals surface area (Å²) in [7, 11) is 0. The first-order chi connectivity index (χ1) is 15.4. The van der Waals surface area contributed by atoms with Crippen LogP contribution in [-0.2, 0) is 0 Å². The van der Waals surface area contributed by atoms with Crippen molar-refractivity contribution in [1.29, 1.82) is 0 Å². The van der Waals surface area contributed by atoms with E-state index in [2.05, 4.69) is 0 Å². The summed E-state index contributed by atoms with van der Waals surface area (Å²) in [5.74, 6) is -0.260. The van der Waals surface area contributed by atoms with E-state index in [4.69, 9.17) is 11.6 Å². The first-order valence-corrected chi connectivity index (χ1v) is 10.5. The Bertz CT molecular complexity index is 1650. The van der Waals surface area contributed by atoms with Crippen LogP contribution in [0.2, 0.25) is 5.02 Å². The van der Waals surface area contributed by atoms with Gasteiger partial charge in [0.1, 0.15) is 5.75 Å². The second-order valence-electron chi connectivity index (χ2n) is 7.86. The molecule has 6 heteroatoms. The van der Waals surface area contributed by atoms with E-state index in [-0.39, 0.29) is 16.8 Å². The highest BCUT2D eigenvalue weighted by Gasteiger charge is 2.20. The van der Waals surface area contributed by atoms with Gasteiger partial charge in [0.2, 0.25) is 0 Å². The molecule has 2 heterocycles. The number of aryl methyl sites for hydroxylation is 2. The first kappa shape index (κ1) is 20.1. The summed E-state index contributed by atoms with van der Waals surface area (Å²) in [6.45, 7) is 3.85. The fourth-order valence-electron chi connectivity index (χ4n) is 4.14. The van der Waals surface area contributed by atoms with Crippen molar-refractivity contribution in [2.45, 2.75) is 13.8 Å². The van der Waals surface area contributed by atoms with E-state index in [0.717, 1.165) is 11.1 Å². The molecule has 0 saturated carbocycles. The second-order valence-corrected chi connectivity index (χ2v) is 8.30. The van der Waals surface area contributed by atoms with E-state index in [9.17, 15) is 14.7 Å². The van der Waals surface area contributed by atoms with Crippen molar-refractivity contribution < 1.29 is 5.11 Å². The van der Waals surface area contributed by atoms with E-state index in [0.29, 0.717) is 32.9 Å². The standard InChI is InChI=1S/C26H19ClN2O3/c1-15-8-9-16(2)21(12-15)28-22-13-18(27)10-11-20(22)29-24(26(28)32)23(30)14-19(25(29)31)17-6-4-3-5-7-17/h3-14,30H,1-2H3. The average molecular weight is 443 g/mol. The van der Waals surface area contributed by atoms with Crippen LogP contribution in [0.1, 0.15) is 11.1 Å². The third kappa shape index (κ3) is 3.01. The van der Waals surface area contributed by atoms with Gasteiger partial charge >= 0.3 is 0 Å². The van der Waals surface area contributed by atoms with Crippen molar-refractivity contribution in [1.82, 2.24) is 8.97 Å². The number of fused-ring (bicyclic) bond motifs is 3. The van der Waals surface area contributed by atoms with Gasteiger partial charge < -0.3 is 5.11 Å². The van der Waals surface area contributed by atoms with Crippen LogP contribution in [0.15, 0.2) is 82.4 Å². The summed E-state index contributed by atoms with van der Waals surface area (Å²) in [5, 5.41) is 11.4. The average Bonchev–Trinajstić information content (AvgIpc) is 2.78. The molecule has 2 aromatic heterocycles. The lowest BCUT2D eigenvalue weighted by atomic mass is 10.1. The van der Waals surface area contributed by atoms with E-state index >= 15 is 0 Å². The molecular weight excluding hydrogens is 424 g/mol. The van der Waals surface area contributed by atoms with Crippen LogP contribution in [0, 0.1) is 13.8 Å². The fourth-order valence-corrected chi connectivity index (χ4v) is 4.31. The highest BCUT2D eigenvalue weighted by atomic mass is 35.5. The molecule has 0 aliphatic carbocycles. The van der Waals surface area contributed by atoms with Crippen LogP contribution >= 0.6 is 11.6 Å². The predicted octanol–water partition coefficient (Wildman–Crippen LogP) is 5.25. The highest BCUT2D eigenvalue weighted by molar-refractivity contribution is 6.31. The molecule has 0 aliphatic heterocycles. The van der Waals surface area contributed by atoms with Crippen molar-refractivity contribution in [2.75, 3.05) is 0 Å². The summed E-state index contributed by atoms with van der Waals surface area (Å²) >= 11 is 6.30. The number of hydrogen-bond acceptors (Lipinski definition) is 3. The number of aromatic hydroxyl groups is 1. The van der Waals surface area contributed by atoms with Gasteiger partial charge in [-0.3, -0.25) is 18.6 Å². The summed E-state index contributed by atoms with van der Waals surface area (Å²) in [5.41, 5.74) is 3.49. The molecule has 0 amide bonds. The molecule has 0 radical (unpaired) electrons. The Morgan fingerprint density at radius 1 is 0.812 bits per heavy atom. The van der Waals surface area contributed by atoms with E-state index < -0.39 is 5.56 Å². The molecule has 5 aromatic rings. The van der Waals surface area contributed by atoms with Gasteiger partial charge in [0.15, 0.2) is 5.52 Å². The van der Waals surface area contributed by atoms with Gasteiger partial charge in [-0.05, 0) is 60.9 Å².